The third-order valence-electron chi connectivity index (χ3n) is 4.09. The maximum Gasteiger partial charge on any atom is 0.0406 e. The Bertz CT molecular complexity index is 455. The lowest BCUT2D eigenvalue weighted by atomic mass is 9.92. The lowest BCUT2D eigenvalue weighted by molar-refractivity contribution is 0.176. The highest BCUT2D eigenvalue weighted by atomic mass is 15.1. The van der Waals surface area contributed by atoms with E-state index in [1.165, 1.54) is 37.2 Å². The summed E-state index contributed by atoms with van der Waals surface area (Å²) in [6, 6.07) is 10.4. The topological polar surface area (TPSA) is 29.0 Å². The Morgan fingerprint density at radius 2 is 1.80 bits per heavy atom. The van der Waals surface area contributed by atoms with E-state index in [1.807, 2.05) is 24.7 Å². The second-order valence-electron chi connectivity index (χ2n) is 5.60. The van der Waals surface area contributed by atoms with Crippen molar-refractivity contribution in [2.24, 2.45) is 5.92 Å². The maximum atomic E-state index is 4.44. The van der Waals surface area contributed by atoms with Crippen LogP contribution in [-0.2, 0) is 13.0 Å². The Morgan fingerprint density at radius 1 is 1.00 bits per heavy atom. The first-order valence-corrected chi connectivity index (χ1v) is 7.41. The van der Waals surface area contributed by atoms with E-state index >= 15 is 0 Å². The summed E-state index contributed by atoms with van der Waals surface area (Å²) in [6.07, 6.45) is 9.34. The highest BCUT2D eigenvalue weighted by Crippen LogP contribution is 2.21. The van der Waals surface area contributed by atoms with Crippen molar-refractivity contribution in [1.29, 1.82) is 0 Å². The van der Waals surface area contributed by atoms with E-state index < -0.39 is 0 Å². The van der Waals surface area contributed by atoms with Gasteiger partial charge in [-0.2, -0.15) is 0 Å². The molecule has 0 saturated carbocycles. The number of aromatic nitrogens is 2. The van der Waals surface area contributed by atoms with Crippen LogP contribution in [0.15, 0.2) is 48.9 Å². The fourth-order valence-corrected chi connectivity index (χ4v) is 2.91. The number of likely N-dealkylation sites (tertiary alicyclic amines) is 1. The molecule has 3 heterocycles. The van der Waals surface area contributed by atoms with Gasteiger partial charge in [-0.25, -0.2) is 0 Å². The average molecular weight is 267 g/mol. The summed E-state index contributed by atoms with van der Waals surface area (Å²) in [5, 5.41) is 0. The van der Waals surface area contributed by atoms with Gasteiger partial charge < -0.3 is 0 Å². The predicted octanol–water partition coefficient (Wildman–Crippen LogP) is 2.93. The molecular weight excluding hydrogens is 246 g/mol. The third-order valence-corrected chi connectivity index (χ3v) is 4.09. The lowest BCUT2D eigenvalue weighted by Crippen LogP contribution is -2.33. The molecule has 0 aromatic carbocycles. The molecular formula is C17H21N3. The van der Waals surface area contributed by atoms with Gasteiger partial charge in [0.05, 0.1) is 0 Å². The molecule has 0 aliphatic carbocycles. The number of rotatable bonds is 4. The minimum absolute atomic E-state index is 0.790. The average Bonchev–Trinajstić information content (AvgIpc) is 2.51. The van der Waals surface area contributed by atoms with Gasteiger partial charge in [0, 0.05) is 30.8 Å². The second kappa shape index (κ2) is 6.62. The Hall–Kier alpha value is -1.74. The fraction of sp³-hybridized carbons (Fsp3) is 0.412. The van der Waals surface area contributed by atoms with Crippen LogP contribution >= 0.6 is 0 Å². The van der Waals surface area contributed by atoms with Crippen molar-refractivity contribution in [3.63, 3.8) is 0 Å². The predicted molar refractivity (Wildman–Crippen MR) is 80.2 cm³/mol. The van der Waals surface area contributed by atoms with Gasteiger partial charge in [0.15, 0.2) is 0 Å². The first-order valence-electron chi connectivity index (χ1n) is 7.41. The molecule has 0 radical (unpaired) electrons. The van der Waals surface area contributed by atoms with Crippen molar-refractivity contribution in [2.45, 2.75) is 25.8 Å². The molecule has 20 heavy (non-hydrogen) atoms. The Balaban J connectivity index is 1.47. The van der Waals surface area contributed by atoms with Crippen molar-refractivity contribution in [3.05, 3.63) is 60.2 Å². The minimum atomic E-state index is 0.790. The standard InChI is InChI=1S/C17H21N3/c1-2-8-19-17(3-1)13-15-6-11-20(12-7-15)14-16-4-9-18-10-5-16/h1-5,8-10,15H,6-7,11-14H2. The van der Waals surface area contributed by atoms with Crippen LogP contribution in [0, 0.1) is 5.92 Å². The molecule has 3 nitrogen and oxygen atoms in total. The first kappa shape index (κ1) is 13.3. The van der Waals surface area contributed by atoms with Gasteiger partial charge in [-0.05, 0) is 68.1 Å². The molecule has 1 aliphatic heterocycles. The van der Waals surface area contributed by atoms with Crippen molar-refractivity contribution in [2.75, 3.05) is 13.1 Å². The molecule has 1 saturated heterocycles. The molecule has 3 heteroatoms. The van der Waals surface area contributed by atoms with Crippen molar-refractivity contribution in [3.8, 4) is 0 Å². The van der Waals surface area contributed by atoms with Crippen molar-refractivity contribution >= 4 is 0 Å². The zero-order valence-electron chi connectivity index (χ0n) is 11.8. The lowest BCUT2D eigenvalue weighted by Gasteiger charge is -2.31. The summed E-state index contributed by atoms with van der Waals surface area (Å²) in [6.45, 7) is 3.44. The Morgan fingerprint density at radius 3 is 2.50 bits per heavy atom. The van der Waals surface area contributed by atoms with Crippen LogP contribution < -0.4 is 0 Å². The largest absolute Gasteiger partial charge is 0.299 e. The molecule has 1 aliphatic rings. The van der Waals surface area contributed by atoms with E-state index in [4.69, 9.17) is 0 Å². The monoisotopic (exact) mass is 267 g/mol. The second-order valence-corrected chi connectivity index (χ2v) is 5.60. The van der Waals surface area contributed by atoms with Crippen LogP contribution in [0.2, 0.25) is 0 Å². The van der Waals surface area contributed by atoms with Gasteiger partial charge in [-0.1, -0.05) is 6.07 Å². The highest BCUT2D eigenvalue weighted by molar-refractivity contribution is 5.09. The van der Waals surface area contributed by atoms with Crippen LogP contribution in [0.4, 0.5) is 0 Å². The van der Waals surface area contributed by atoms with Gasteiger partial charge in [-0.15, -0.1) is 0 Å². The van der Waals surface area contributed by atoms with E-state index in [9.17, 15) is 0 Å². The summed E-state index contributed by atoms with van der Waals surface area (Å²) >= 11 is 0. The van der Waals surface area contributed by atoms with E-state index in [1.54, 1.807) is 0 Å². The van der Waals surface area contributed by atoms with Crippen LogP contribution in [-0.4, -0.2) is 28.0 Å². The van der Waals surface area contributed by atoms with Crippen LogP contribution in [0.25, 0.3) is 0 Å². The summed E-state index contributed by atoms with van der Waals surface area (Å²) in [4.78, 5) is 11.1. The zero-order chi connectivity index (χ0) is 13.6. The van der Waals surface area contributed by atoms with Gasteiger partial charge in [0.1, 0.15) is 0 Å². The van der Waals surface area contributed by atoms with Crippen LogP contribution in [0.5, 0.6) is 0 Å². The maximum absolute atomic E-state index is 4.44. The molecule has 2 aromatic heterocycles. The summed E-state index contributed by atoms with van der Waals surface area (Å²) in [5.41, 5.74) is 2.60. The van der Waals surface area contributed by atoms with Crippen LogP contribution in [0.3, 0.4) is 0 Å². The fourth-order valence-electron chi connectivity index (χ4n) is 2.91. The van der Waals surface area contributed by atoms with Gasteiger partial charge in [-0.3, -0.25) is 14.9 Å². The highest BCUT2D eigenvalue weighted by Gasteiger charge is 2.19. The zero-order valence-corrected chi connectivity index (χ0v) is 11.8. The van der Waals surface area contributed by atoms with Crippen LogP contribution in [0.1, 0.15) is 24.1 Å². The third kappa shape index (κ3) is 3.64. The van der Waals surface area contributed by atoms with Crippen molar-refractivity contribution < 1.29 is 0 Å². The molecule has 104 valence electrons. The molecule has 2 aromatic rings. The molecule has 0 unspecified atom stereocenters. The summed E-state index contributed by atoms with van der Waals surface area (Å²) in [5.74, 6) is 0.790. The first-order chi connectivity index (χ1) is 9.90. The number of piperidine rings is 1. The molecule has 0 amide bonds. The van der Waals surface area contributed by atoms with E-state index in [2.05, 4.69) is 39.1 Å². The van der Waals surface area contributed by atoms with Gasteiger partial charge in [0.2, 0.25) is 0 Å². The van der Waals surface area contributed by atoms with E-state index in [-0.39, 0.29) is 0 Å². The molecule has 0 spiro atoms. The number of hydrogen-bond acceptors (Lipinski definition) is 3. The molecule has 3 rings (SSSR count). The Labute approximate surface area is 120 Å². The number of pyridine rings is 2. The van der Waals surface area contributed by atoms with E-state index in [0.717, 1.165) is 18.9 Å². The molecule has 0 bridgehead atoms. The summed E-state index contributed by atoms with van der Waals surface area (Å²) < 4.78 is 0. The number of nitrogens with zero attached hydrogens (tertiary/aromatic N) is 3. The normalized spacial score (nSPS) is 17.2. The smallest absolute Gasteiger partial charge is 0.0406 e. The molecule has 1 fully saturated rings. The summed E-state index contributed by atoms with van der Waals surface area (Å²) in [7, 11) is 0. The van der Waals surface area contributed by atoms with Gasteiger partial charge in [0.25, 0.3) is 0 Å². The minimum Gasteiger partial charge on any atom is -0.299 e. The SMILES string of the molecule is c1ccc(CC2CCN(Cc3ccncc3)CC2)nc1. The molecule has 0 N–H and O–H groups in total. The van der Waals surface area contributed by atoms with Crippen molar-refractivity contribution in [1.82, 2.24) is 14.9 Å². The van der Waals surface area contributed by atoms with E-state index in [0.29, 0.717) is 0 Å². The number of hydrogen-bond donors (Lipinski definition) is 0. The Kier molecular flexibility index (Phi) is 4.38. The van der Waals surface area contributed by atoms with Gasteiger partial charge >= 0.3 is 0 Å². The quantitative estimate of drug-likeness (QED) is 0.853. The molecule has 0 atom stereocenters.